The number of anilines is 1. The molecule has 36 heavy (non-hydrogen) atoms. The second kappa shape index (κ2) is 8.89. The van der Waals surface area contributed by atoms with Gasteiger partial charge in [0.1, 0.15) is 17.7 Å². The van der Waals surface area contributed by atoms with Crippen molar-refractivity contribution in [1.82, 2.24) is 34.5 Å². The van der Waals surface area contributed by atoms with E-state index in [9.17, 15) is 4.39 Å². The summed E-state index contributed by atoms with van der Waals surface area (Å²) in [7, 11) is 1.45. The van der Waals surface area contributed by atoms with Crippen molar-refractivity contribution < 1.29 is 24.0 Å². The Hall–Kier alpha value is -3.45. The first-order valence-electron chi connectivity index (χ1n) is 12.1. The topological polar surface area (TPSA) is 94.6 Å². The molecule has 5 heterocycles. The van der Waals surface area contributed by atoms with Gasteiger partial charge in [-0.2, -0.15) is 4.98 Å². The van der Waals surface area contributed by atoms with Gasteiger partial charge in [-0.15, -0.1) is 10.2 Å². The molecule has 190 valence electrons. The molecule has 6 rings (SSSR count). The van der Waals surface area contributed by atoms with Crippen LogP contribution in [0.15, 0.2) is 30.5 Å². The average Bonchev–Trinajstić information content (AvgIpc) is 3.47. The molecule has 10 nitrogen and oxygen atoms in total. The van der Waals surface area contributed by atoms with Crippen LogP contribution in [0.25, 0.3) is 27.7 Å². The van der Waals surface area contributed by atoms with Gasteiger partial charge >= 0.3 is 0 Å². The molecule has 0 saturated carbocycles. The highest BCUT2D eigenvalue weighted by Gasteiger charge is 2.47. The number of hydrogen-bond donors (Lipinski definition) is 1. The summed E-state index contributed by atoms with van der Waals surface area (Å²) in [5.74, 6) is -2.87. The van der Waals surface area contributed by atoms with E-state index < -0.39 is 31.2 Å². The van der Waals surface area contributed by atoms with Crippen LogP contribution >= 0.6 is 0 Å². The summed E-state index contributed by atoms with van der Waals surface area (Å²) in [4.78, 5) is 5.86. The number of nitrogens with one attached hydrogen (secondary N) is 1. The third-order valence-corrected chi connectivity index (χ3v) is 6.68. The number of benzene rings is 1. The standard InChI is InChI=1S/C23H25F3N8O2/c1-35-21-20-16(14-2-3-17-18(10-14)33(9-6-24)31-29-17)4-8-34(20)30-22(28-21)27-19-5-7-32(13-23(19,25)26)15-11-36-12-15/h2-4,8,10,15,19H,5-7,9,11-13H2,1H3,(H,27,30)/t19-/m1/s1/i15D. The van der Waals surface area contributed by atoms with Crippen molar-refractivity contribution in [1.29, 1.82) is 0 Å². The largest absolute Gasteiger partial charge is 0.479 e. The number of hydrogen-bond acceptors (Lipinski definition) is 8. The molecule has 2 aliphatic heterocycles. The molecule has 13 heteroatoms. The van der Waals surface area contributed by atoms with Gasteiger partial charge in [-0.25, -0.2) is 22.4 Å². The second-order valence-corrected chi connectivity index (χ2v) is 8.90. The Bertz CT molecular complexity index is 1460. The fraction of sp³-hybridized carbons (Fsp3) is 0.478. The number of nitrogens with zero attached hydrogens (tertiary/aromatic N) is 7. The van der Waals surface area contributed by atoms with Crippen molar-refractivity contribution in [2.24, 2.45) is 0 Å². The lowest BCUT2D eigenvalue weighted by Gasteiger charge is -2.44. The molecule has 2 fully saturated rings. The van der Waals surface area contributed by atoms with Crippen molar-refractivity contribution >= 4 is 22.5 Å². The van der Waals surface area contributed by atoms with E-state index in [1.165, 1.54) is 21.2 Å². The predicted octanol–water partition coefficient (Wildman–Crippen LogP) is 2.64. The first-order valence-corrected chi connectivity index (χ1v) is 11.6. The molecule has 2 saturated heterocycles. The molecule has 1 atom stereocenters. The highest BCUT2D eigenvalue weighted by atomic mass is 19.3. The first-order chi connectivity index (χ1) is 17.8. The van der Waals surface area contributed by atoms with Gasteiger partial charge in [-0.05, 0) is 30.2 Å². The van der Waals surface area contributed by atoms with Crippen molar-refractivity contribution in [3.05, 3.63) is 30.5 Å². The number of rotatable bonds is 7. The van der Waals surface area contributed by atoms with Crippen LogP contribution in [0.5, 0.6) is 5.88 Å². The lowest BCUT2D eigenvalue weighted by Crippen LogP contribution is -2.61. The van der Waals surface area contributed by atoms with E-state index in [2.05, 4.69) is 25.7 Å². The predicted molar refractivity (Wildman–Crippen MR) is 125 cm³/mol. The second-order valence-electron chi connectivity index (χ2n) is 8.90. The number of aryl methyl sites for hydroxylation is 1. The fourth-order valence-corrected chi connectivity index (χ4v) is 4.73. The van der Waals surface area contributed by atoms with Gasteiger partial charge in [0.25, 0.3) is 5.92 Å². The number of piperidine rings is 1. The summed E-state index contributed by atoms with van der Waals surface area (Å²) >= 11 is 0. The van der Waals surface area contributed by atoms with E-state index in [-0.39, 0.29) is 38.0 Å². The van der Waals surface area contributed by atoms with E-state index in [4.69, 9.17) is 10.8 Å². The van der Waals surface area contributed by atoms with Gasteiger partial charge < -0.3 is 14.8 Å². The quantitative estimate of drug-likeness (QED) is 0.412. The molecule has 3 aromatic heterocycles. The molecule has 1 aromatic carbocycles. The molecule has 1 N–H and O–H groups in total. The molecule has 0 bridgehead atoms. The molecule has 0 aliphatic carbocycles. The smallest absolute Gasteiger partial charge is 0.280 e. The van der Waals surface area contributed by atoms with Crippen molar-refractivity contribution in [3.63, 3.8) is 0 Å². The number of halogens is 3. The molecular formula is C23H25F3N8O2. The van der Waals surface area contributed by atoms with E-state index in [0.29, 0.717) is 23.1 Å². The van der Waals surface area contributed by atoms with E-state index >= 15 is 8.78 Å². The SMILES string of the molecule is [2H]C1(N2CC[C@@H](Nc3nc(OC)c4c(-c5ccc6nnn(CCF)c6c5)ccn4n3)C(F)(F)C2)COC1. The molecule has 4 aromatic rings. The van der Waals surface area contributed by atoms with Crippen LogP contribution in [0.2, 0.25) is 0 Å². The highest BCUT2D eigenvalue weighted by molar-refractivity contribution is 5.89. The highest BCUT2D eigenvalue weighted by Crippen LogP contribution is 2.35. The minimum absolute atomic E-state index is 0.0119. The third-order valence-electron chi connectivity index (χ3n) is 6.68. The Morgan fingerprint density at radius 3 is 2.89 bits per heavy atom. The number of likely N-dealkylation sites (tertiary alicyclic amines) is 1. The van der Waals surface area contributed by atoms with Crippen LogP contribution < -0.4 is 10.1 Å². The number of alkyl halides is 3. The van der Waals surface area contributed by atoms with E-state index in [0.717, 1.165) is 11.1 Å². The maximum Gasteiger partial charge on any atom is 0.280 e. The maximum atomic E-state index is 15.0. The van der Waals surface area contributed by atoms with Gasteiger partial charge in [-0.1, -0.05) is 11.3 Å². The van der Waals surface area contributed by atoms with Crippen LogP contribution in [0.1, 0.15) is 7.79 Å². The van der Waals surface area contributed by atoms with Crippen LogP contribution in [0, 0.1) is 0 Å². The number of methoxy groups -OCH3 is 1. The zero-order chi connectivity index (χ0) is 25.8. The van der Waals surface area contributed by atoms with Crippen molar-refractivity contribution in [2.45, 2.75) is 30.9 Å². The third kappa shape index (κ3) is 3.91. The van der Waals surface area contributed by atoms with Crippen molar-refractivity contribution in [3.8, 4) is 17.0 Å². The number of ether oxygens (including phenoxy) is 2. The van der Waals surface area contributed by atoms with Crippen LogP contribution in [0.3, 0.4) is 0 Å². The number of aromatic nitrogens is 6. The van der Waals surface area contributed by atoms with Crippen LogP contribution in [-0.2, 0) is 11.3 Å². The summed E-state index contributed by atoms with van der Waals surface area (Å²) in [6.45, 7) is -0.403. The van der Waals surface area contributed by atoms with Crippen molar-refractivity contribution in [2.75, 3.05) is 45.4 Å². The Morgan fingerprint density at radius 2 is 2.17 bits per heavy atom. The first kappa shape index (κ1) is 21.8. The molecule has 2 aliphatic rings. The summed E-state index contributed by atoms with van der Waals surface area (Å²) in [5.41, 5.74) is 3.43. The normalized spacial score (nSPS) is 21.9. The maximum absolute atomic E-state index is 15.0. The Morgan fingerprint density at radius 1 is 1.31 bits per heavy atom. The van der Waals surface area contributed by atoms with Gasteiger partial charge in [0.2, 0.25) is 11.8 Å². The zero-order valence-corrected chi connectivity index (χ0v) is 19.5. The minimum Gasteiger partial charge on any atom is -0.479 e. The molecule has 0 radical (unpaired) electrons. The molecule has 0 amide bonds. The summed E-state index contributed by atoms with van der Waals surface area (Å²) in [5, 5.41) is 15.3. The molecule has 0 spiro atoms. The van der Waals surface area contributed by atoms with Crippen LogP contribution in [-0.4, -0.2) is 92.6 Å². The zero-order valence-electron chi connectivity index (χ0n) is 20.5. The Labute approximate surface area is 205 Å². The lowest BCUT2D eigenvalue weighted by atomic mass is 9.98. The van der Waals surface area contributed by atoms with E-state index in [1.807, 2.05) is 18.2 Å². The van der Waals surface area contributed by atoms with E-state index in [1.54, 1.807) is 12.3 Å². The molecule has 0 unspecified atom stereocenters. The summed E-state index contributed by atoms with van der Waals surface area (Å²) in [6.07, 6.45) is 1.82. The summed E-state index contributed by atoms with van der Waals surface area (Å²) < 4.78 is 64.9. The number of fused-ring (bicyclic) bond motifs is 2. The Kier molecular flexibility index (Phi) is 5.38. The summed E-state index contributed by atoms with van der Waals surface area (Å²) in [6, 6.07) is 5.05. The van der Waals surface area contributed by atoms with Gasteiger partial charge in [-0.3, -0.25) is 4.90 Å². The lowest BCUT2D eigenvalue weighted by molar-refractivity contribution is -0.131. The minimum atomic E-state index is -3.10. The Balaban J connectivity index is 1.29. The fourth-order valence-electron chi connectivity index (χ4n) is 4.73. The monoisotopic (exact) mass is 503 g/mol. The average molecular weight is 504 g/mol. The molecular weight excluding hydrogens is 477 g/mol. The van der Waals surface area contributed by atoms with Gasteiger partial charge in [0.05, 0.1) is 52.4 Å². The van der Waals surface area contributed by atoms with Gasteiger partial charge in [0, 0.05) is 18.3 Å². The van der Waals surface area contributed by atoms with Gasteiger partial charge in [0.15, 0.2) is 0 Å². The van der Waals surface area contributed by atoms with Crippen LogP contribution in [0.4, 0.5) is 19.1 Å².